The summed E-state index contributed by atoms with van der Waals surface area (Å²) < 4.78 is 0.859. The van der Waals surface area contributed by atoms with Crippen molar-refractivity contribution in [2.45, 2.75) is 31.6 Å². The summed E-state index contributed by atoms with van der Waals surface area (Å²) in [6, 6.07) is 1.93. The molecule has 2 aromatic heterocycles. The number of aryl methyl sites for hydroxylation is 1. The van der Waals surface area contributed by atoms with E-state index < -0.39 is 0 Å². The molecule has 0 aliphatic heterocycles. The Morgan fingerprint density at radius 1 is 1.37 bits per heavy atom. The van der Waals surface area contributed by atoms with E-state index in [2.05, 4.69) is 41.2 Å². The van der Waals surface area contributed by atoms with Gasteiger partial charge in [0.1, 0.15) is 22.1 Å². The molecule has 100 valence electrons. The highest BCUT2D eigenvalue weighted by atomic mass is 79.9. The number of imidazole rings is 1. The molecule has 1 aliphatic rings. The number of rotatable bonds is 6. The van der Waals surface area contributed by atoms with Gasteiger partial charge in [-0.2, -0.15) is 0 Å². The lowest BCUT2D eigenvalue weighted by Crippen LogP contribution is -2.07. The van der Waals surface area contributed by atoms with Crippen molar-refractivity contribution in [2.24, 2.45) is 0 Å². The standard InChI is InChI=1S/C13H16BrN5/c14-10-8-12(19-13(18-10)9-3-4-9)15-5-1-2-11-16-6-7-17-11/h6-9H,1-5H2,(H,16,17)(H,15,18,19). The van der Waals surface area contributed by atoms with Crippen LogP contribution < -0.4 is 5.32 Å². The summed E-state index contributed by atoms with van der Waals surface area (Å²) >= 11 is 3.44. The fourth-order valence-electron chi connectivity index (χ4n) is 1.96. The van der Waals surface area contributed by atoms with Crippen molar-refractivity contribution in [3.63, 3.8) is 0 Å². The Hall–Kier alpha value is -1.43. The number of aromatic nitrogens is 4. The molecule has 0 spiro atoms. The second-order valence-corrected chi connectivity index (χ2v) is 5.59. The Kier molecular flexibility index (Phi) is 3.77. The lowest BCUT2D eigenvalue weighted by molar-refractivity contribution is 0.809. The van der Waals surface area contributed by atoms with Crippen LogP contribution in [0.15, 0.2) is 23.1 Å². The van der Waals surface area contributed by atoms with Crippen molar-refractivity contribution >= 4 is 21.7 Å². The second-order valence-electron chi connectivity index (χ2n) is 4.77. The highest BCUT2D eigenvalue weighted by molar-refractivity contribution is 9.10. The molecular weight excluding hydrogens is 306 g/mol. The van der Waals surface area contributed by atoms with Gasteiger partial charge < -0.3 is 10.3 Å². The largest absolute Gasteiger partial charge is 0.370 e. The number of aromatic amines is 1. The van der Waals surface area contributed by atoms with Gasteiger partial charge in [0.25, 0.3) is 0 Å². The zero-order chi connectivity index (χ0) is 13.1. The summed E-state index contributed by atoms with van der Waals surface area (Å²) in [7, 11) is 0. The first-order valence-electron chi connectivity index (χ1n) is 6.58. The summed E-state index contributed by atoms with van der Waals surface area (Å²) in [5, 5.41) is 3.35. The minimum absolute atomic E-state index is 0.571. The first-order valence-corrected chi connectivity index (χ1v) is 7.37. The van der Waals surface area contributed by atoms with E-state index in [4.69, 9.17) is 0 Å². The monoisotopic (exact) mass is 321 g/mol. The van der Waals surface area contributed by atoms with Crippen LogP contribution in [0.25, 0.3) is 0 Å². The summed E-state index contributed by atoms with van der Waals surface area (Å²) in [5.74, 6) is 3.47. The van der Waals surface area contributed by atoms with Crippen molar-refractivity contribution in [1.82, 2.24) is 19.9 Å². The third-order valence-corrected chi connectivity index (χ3v) is 3.51. The van der Waals surface area contributed by atoms with Gasteiger partial charge in [0.05, 0.1) is 0 Å². The Bertz CT molecular complexity index is 536. The zero-order valence-electron chi connectivity index (χ0n) is 10.6. The Morgan fingerprint density at radius 2 is 2.26 bits per heavy atom. The minimum atomic E-state index is 0.571. The number of nitrogens with one attached hydrogen (secondary N) is 2. The molecule has 0 radical (unpaired) electrons. The van der Waals surface area contributed by atoms with Gasteiger partial charge in [-0.05, 0) is 35.2 Å². The van der Waals surface area contributed by atoms with Crippen LogP contribution in [0.1, 0.15) is 36.8 Å². The average molecular weight is 322 g/mol. The minimum Gasteiger partial charge on any atom is -0.370 e. The predicted octanol–water partition coefficient (Wildman–Crippen LogP) is 2.88. The fourth-order valence-corrected chi connectivity index (χ4v) is 2.36. The number of nitrogens with zero attached hydrogens (tertiary/aromatic N) is 3. The van der Waals surface area contributed by atoms with Crippen molar-refractivity contribution in [3.05, 3.63) is 34.7 Å². The van der Waals surface area contributed by atoms with Gasteiger partial charge >= 0.3 is 0 Å². The van der Waals surface area contributed by atoms with E-state index in [-0.39, 0.29) is 0 Å². The zero-order valence-corrected chi connectivity index (χ0v) is 12.2. The molecule has 6 heteroatoms. The number of hydrogen-bond donors (Lipinski definition) is 2. The molecule has 0 unspecified atom stereocenters. The van der Waals surface area contributed by atoms with Gasteiger partial charge in [0.2, 0.25) is 0 Å². The Morgan fingerprint density at radius 3 is 3.00 bits per heavy atom. The fraction of sp³-hybridized carbons (Fsp3) is 0.462. The molecule has 0 saturated heterocycles. The maximum absolute atomic E-state index is 4.55. The quantitative estimate of drug-likeness (QED) is 0.634. The molecule has 0 amide bonds. The van der Waals surface area contributed by atoms with Gasteiger partial charge in [-0.25, -0.2) is 15.0 Å². The number of H-pyrrole nitrogens is 1. The molecule has 3 rings (SSSR count). The van der Waals surface area contributed by atoms with E-state index >= 15 is 0 Å². The predicted molar refractivity (Wildman–Crippen MR) is 77.1 cm³/mol. The van der Waals surface area contributed by atoms with E-state index in [1.165, 1.54) is 12.8 Å². The average Bonchev–Trinajstić information content (AvgIpc) is 3.12. The number of hydrogen-bond acceptors (Lipinski definition) is 4. The summed E-state index contributed by atoms with van der Waals surface area (Å²) in [4.78, 5) is 16.3. The first-order chi connectivity index (χ1) is 9.31. The van der Waals surface area contributed by atoms with E-state index in [1.54, 1.807) is 6.20 Å². The highest BCUT2D eigenvalue weighted by Crippen LogP contribution is 2.38. The summed E-state index contributed by atoms with van der Waals surface area (Å²) in [6.07, 6.45) is 8.04. The van der Waals surface area contributed by atoms with Crippen LogP contribution in [-0.2, 0) is 6.42 Å². The van der Waals surface area contributed by atoms with E-state index in [0.29, 0.717) is 5.92 Å². The SMILES string of the molecule is Brc1cc(NCCCc2ncc[nH]2)nc(C2CC2)n1. The van der Waals surface area contributed by atoms with Crippen molar-refractivity contribution in [2.75, 3.05) is 11.9 Å². The molecule has 1 saturated carbocycles. The normalized spacial score (nSPS) is 14.6. The lowest BCUT2D eigenvalue weighted by Gasteiger charge is -2.07. The molecule has 2 heterocycles. The number of anilines is 1. The van der Waals surface area contributed by atoms with Gasteiger partial charge in [-0.3, -0.25) is 0 Å². The molecule has 0 bridgehead atoms. The van der Waals surface area contributed by atoms with Crippen LogP contribution in [0.4, 0.5) is 5.82 Å². The van der Waals surface area contributed by atoms with Crippen LogP contribution >= 0.6 is 15.9 Å². The van der Waals surface area contributed by atoms with Gasteiger partial charge in [0.15, 0.2) is 0 Å². The third-order valence-electron chi connectivity index (χ3n) is 3.11. The second kappa shape index (κ2) is 5.69. The Balaban J connectivity index is 1.51. The van der Waals surface area contributed by atoms with Crippen LogP contribution in [0, 0.1) is 0 Å². The van der Waals surface area contributed by atoms with Gasteiger partial charge in [0, 0.05) is 37.3 Å². The maximum atomic E-state index is 4.55. The van der Waals surface area contributed by atoms with Crippen LogP contribution in [-0.4, -0.2) is 26.5 Å². The van der Waals surface area contributed by atoms with E-state index in [0.717, 1.165) is 41.5 Å². The van der Waals surface area contributed by atoms with Crippen LogP contribution in [0.2, 0.25) is 0 Å². The lowest BCUT2D eigenvalue weighted by atomic mass is 10.3. The van der Waals surface area contributed by atoms with Gasteiger partial charge in [-0.15, -0.1) is 0 Å². The summed E-state index contributed by atoms with van der Waals surface area (Å²) in [6.45, 7) is 0.883. The van der Waals surface area contributed by atoms with Crippen molar-refractivity contribution in [1.29, 1.82) is 0 Å². The molecule has 2 aromatic rings. The molecule has 5 nitrogen and oxygen atoms in total. The number of halogens is 1. The Labute approximate surface area is 120 Å². The summed E-state index contributed by atoms with van der Waals surface area (Å²) in [5.41, 5.74) is 0. The van der Waals surface area contributed by atoms with E-state index in [9.17, 15) is 0 Å². The third kappa shape index (κ3) is 3.53. The van der Waals surface area contributed by atoms with Crippen molar-refractivity contribution in [3.8, 4) is 0 Å². The maximum Gasteiger partial charge on any atom is 0.135 e. The molecule has 1 fully saturated rings. The molecule has 0 aromatic carbocycles. The van der Waals surface area contributed by atoms with Crippen LogP contribution in [0.3, 0.4) is 0 Å². The highest BCUT2D eigenvalue weighted by Gasteiger charge is 2.27. The topological polar surface area (TPSA) is 66.5 Å². The van der Waals surface area contributed by atoms with Crippen LogP contribution in [0.5, 0.6) is 0 Å². The molecule has 0 atom stereocenters. The van der Waals surface area contributed by atoms with Crippen molar-refractivity contribution < 1.29 is 0 Å². The molecule has 1 aliphatic carbocycles. The molecule has 19 heavy (non-hydrogen) atoms. The first kappa shape index (κ1) is 12.6. The molecular formula is C13H16BrN5. The van der Waals surface area contributed by atoms with E-state index in [1.807, 2.05) is 12.3 Å². The van der Waals surface area contributed by atoms with Gasteiger partial charge in [-0.1, -0.05) is 0 Å². The smallest absolute Gasteiger partial charge is 0.135 e. The molecule has 2 N–H and O–H groups in total.